The number of anilines is 1. The Morgan fingerprint density at radius 3 is 2.89 bits per heavy atom. The van der Waals surface area contributed by atoms with Crippen molar-refractivity contribution in [2.45, 2.75) is 4.21 Å². The van der Waals surface area contributed by atoms with Gasteiger partial charge >= 0.3 is 0 Å². The van der Waals surface area contributed by atoms with E-state index < -0.39 is 10.0 Å². The van der Waals surface area contributed by atoms with Crippen molar-refractivity contribution in [3.63, 3.8) is 0 Å². The number of sulfonamides is 1. The van der Waals surface area contributed by atoms with E-state index in [1.54, 1.807) is 35.8 Å². The van der Waals surface area contributed by atoms with Gasteiger partial charge in [0.1, 0.15) is 4.21 Å². The molecule has 0 fully saturated rings. The van der Waals surface area contributed by atoms with Crippen molar-refractivity contribution in [1.82, 2.24) is 4.37 Å². The highest BCUT2D eigenvalue weighted by Crippen LogP contribution is 2.25. The quantitative estimate of drug-likeness (QED) is 0.807. The molecule has 2 heterocycles. The lowest BCUT2D eigenvalue weighted by Gasteiger charge is -2.05. The standard InChI is InChI=1S/C11H8N2O2S3/c14-18(15,11-2-1-5-16-11)13-9-3-4-10-8(6-9)7-12-17-10/h1-7,13H. The molecule has 1 N–H and O–H groups in total. The molecule has 0 spiro atoms. The third kappa shape index (κ3) is 2.12. The summed E-state index contributed by atoms with van der Waals surface area (Å²) in [6.07, 6.45) is 1.73. The summed E-state index contributed by atoms with van der Waals surface area (Å²) in [6.45, 7) is 0. The Bertz CT molecular complexity index is 776. The van der Waals surface area contributed by atoms with Crippen LogP contribution in [0.5, 0.6) is 0 Å². The second-order valence-electron chi connectivity index (χ2n) is 3.62. The van der Waals surface area contributed by atoms with Crippen LogP contribution in [0.4, 0.5) is 5.69 Å². The summed E-state index contributed by atoms with van der Waals surface area (Å²) in [4.78, 5) is 0. The van der Waals surface area contributed by atoms with Gasteiger partial charge in [0.05, 0.1) is 4.70 Å². The van der Waals surface area contributed by atoms with Crippen molar-refractivity contribution >= 4 is 48.7 Å². The van der Waals surface area contributed by atoms with Gasteiger partial charge in [-0.15, -0.1) is 11.3 Å². The molecule has 0 radical (unpaired) electrons. The van der Waals surface area contributed by atoms with E-state index in [4.69, 9.17) is 0 Å². The van der Waals surface area contributed by atoms with E-state index in [1.165, 1.54) is 22.9 Å². The minimum atomic E-state index is -3.47. The Morgan fingerprint density at radius 2 is 2.11 bits per heavy atom. The van der Waals surface area contributed by atoms with E-state index in [9.17, 15) is 8.42 Å². The molecule has 4 nitrogen and oxygen atoms in total. The van der Waals surface area contributed by atoms with Crippen molar-refractivity contribution in [1.29, 1.82) is 0 Å². The van der Waals surface area contributed by atoms with Crippen molar-refractivity contribution in [2.24, 2.45) is 0 Å². The lowest BCUT2D eigenvalue weighted by Crippen LogP contribution is -2.11. The number of rotatable bonds is 3. The van der Waals surface area contributed by atoms with Crippen molar-refractivity contribution in [3.8, 4) is 0 Å². The normalized spacial score (nSPS) is 11.8. The third-order valence-electron chi connectivity index (χ3n) is 2.36. The molecule has 0 bridgehead atoms. The fourth-order valence-electron chi connectivity index (χ4n) is 1.56. The van der Waals surface area contributed by atoms with Gasteiger partial charge in [0, 0.05) is 17.3 Å². The van der Waals surface area contributed by atoms with Crippen LogP contribution in [0.3, 0.4) is 0 Å². The fraction of sp³-hybridized carbons (Fsp3) is 0. The molecule has 3 aromatic rings. The zero-order chi connectivity index (χ0) is 12.6. The van der Waals surface area contributed by atoms with Crippen LogP contribution in [0.1, 0.15) is 0 Å². The van der Waals surface area contributed by atoms with Gasteiger partial charge in [0.15, 0.2) is 0 Å². The Hall–Kier alpha value is -1.44. The molecule has 0 saturated carbocycles. The summed E-state index contributed by atoms with van der Waals surface area (Å²) >= 11 is 2.58. The monoisotopic (exact) mass is 296 g/mol. The predicted molar refractivity (Wildman–Crippen MR) is 74.7 cm³/mol. The van der Waals surface area contributed by atoms with Crippen LogP contribution in [-0.4, -0.2) is 12.8 Å². The molecular formula is C11H8N2O2S3. The van der Waals surface area contributed by atoms with Gasteiger partial charge in [-0.3, -0.25) is 4.72 Å². The zero-order valence-electron chi connectivity index (χ0n) is 9.03. The van der Waals surface area contributed by atoms with E-state index in [1.807, 2.05) is 6.07 Å². The van der Waals surface area contributed by atoms with E-state index in [-0.39, 0.29) is 0 Å². The topological polar surface area (TPSA) is 59.1 Å². The second-order valence-corrected chi connectivity index (χ2v) is 7.31. The van der Waals surface area contributed by atoms with Gasteiger partial charge in [-0.1, -0.05) is 6.07 Å². The summed E-state index contributed by atoms with van der Waals surface area (Å²) in [5, 5.41) is 2.67. The first-order valence-electron chi connectivity index (χ1n) is 5.06. The summed E-state index contributed by atoms with van der Waals surface area (Å²) in [5.74, 6) is 0. The summed E-state index contributed by atoms with van der Waals surface area (Å²) in [6, 6.07) is 8.68. The average molecular weight is 296 g/mol. The van der Waals surface area contributed by atoms with Gasteiger partial charge in [-0.25, -0.2) is 8.42 Å². The van der Waals surface area contributed by atoms with Crippen LogP contribution in [0, 0.1) is 0 Å². The van der Waals surface area contributed by atoms with Crippen LogP contribution in [0.2, 0.25) is 0 Å². The van der Waals surface area contributed by atoms with Gasteiger partial charge in [-0.05, 0) is 41.2 Å². The van der Waals surface area contributed by atoms with Crippen LogP contribution in [0.15, 0.2) is 46.1 Å². The molecule has 0 aliphatic carbocycles. The number of nitrogens with zero attached hydrogens (tertiary/aromatic N) is 1. The number of fused-ring (bicyclic) bond motifs is 1. The molecule has 0 saturated heterocycles. The summed E-state index contributed by atoms with van der Waals surface area (Å²) in [5.41, 5.74) is 0.552. The molecule has 7 heteroatoms. The van der Waals surface area contributed by atoms with Crippen LogP contribution in [0.25, 0.3) is 10.1 Å². The largest absolute Gasteiger partial charge is 0.279 e. The first-order chi connectivity index (χ1) is 8.65. The number of nitrogens with one attached hydrogen (secondary N) is 1. The maximum atomic E-state index is 12.0. The van der Waals surface area contributed by atoms with Crippen molar-refractivity contribution < 1.29 is 8.42 Å². The molecule has 0 atom stereocenters. The van der Waals surface area contributed by atoms with E-state index >= 15 is 0 Å². The molecule has 0 unspecified atom stereocenters. The molecule has 1 aromatic carbocycles. The molecule has 18 heavy (non-hydrogen) atoms. The van der Waals surface area contributed by atoms with E-state index in [0.717, 1.165) is 10.1 Å². The first-order valence-corrected chi connectivity index (χ1v) is 8.19. The number of thiophene rings is 1. The molecule has 0 amide bonds. The molecule has 0 aliphatic heterocycles. The average Bonchev–Trinajstić information content (AvgIpc) is 2.99. The molecular weight excluding hydrogens is 288 g/mol. The maximum Gasteiger partial charge on any atom is 0.271 e. The van der Waals surface area contributed by atoms with Gasteiger partial charge in [-0.2, -0.15) is 4.37 Å². The Labute approximate surface area is 112 Å². The van der Waals surface area contributed by atoms with Crippen LogP contribution in [-0.2, 0) is 10.0 Å². The summed E-state index contributed by atoms with van der Waals surface area (Å²) < 4.78 is 32.0. The molecule has 92 valence electrons. The molecule has 3 rings (SSSR count). The van der Waals surface area contributed by atoms with E-state index in [2.05, 4.69) is 9.10 Å². The predicted octanol–water partition coefficient (Wildman–Crippen LogP) is 3.16. The Balaban J connectivity index is 1.97. The molecule has 2 aromatic heterocycles. The highest BCUT2D eigenvalue weighted by Gasteiger charge is 2.15. The lowest BCUT2D eigenvalue weighted by molar-refractivity contribution is 0.603. The number of aromatic nitrogens is 1. The first kappa shape index (κ1) is 11.6. The Kier molecular flexibility index (Phi) is 2.81. The highest BCUT2D eigenvalue weighted by molar-refractivity contribution is 7.94. The maximum absolute atomic E-state index is 12.0. The SMILES string of the molecule is O=S(=O)(Nc1ccc2sncc2c1)c1cccs1. The number of benzene rings is 1. The van der Waals surface area contributed by atoms with Gasteiger partial charge in [0.25, 0.3) is 10.0 Å². The van der Waals surface area contributed by atoms with Crippen LogP contribution < -0.4 is 4.72 Å². The van der Waals surface area contributed by atoms with Crippen molar-refractivity contribution in [3.05, 3.63) is 41.9 Å². The fourth-order valence-corrected chi connectivity index (χ4v) is 4.23. The van der Waals surface area contributed by atoms with Gasteiger partial charge in [0.2, 0.25) is 0 Å². The lowest BCUT2D eigenvalue weighted by atomic mass is 10.2. The number of hydrogen-bond acceptors (Lipinski definition) is 5. The summed E-state index contributed by atoms with van der Waals surface area (Å²) in [7, 11) is -3.47. The van der Waals surface area contributed by atoms with Crippen molar-refractivity contribution in [2.75, 3.05) is 4.72 Å². The second kappa shape index (κ2) is 4.34. The molecule has 0 aliphatic rings. The Morgan fingerprint density at radius 1 is 1.22 bits per heavy atom. The smallest absolute Gasteiger partial charge is 0.271 e. The third-order valence-corrected chi connectivity index (χ3v) is 5.92. The van der Waals surface area contributed by atoms with Gasteiger partial charge < -0.3 is 0 Å². The zero-order valence-corrected chi connectivity index (χ0v) is 11.5. The van der Waals surface area contributed by atoms with Crippen LogP contribution >= 0.6 is 22.9 Å². The highest BCUT2D eigenvalue weighted by atomic mass is 32.2. The minimum Gasteiger partial charge on any atom is -0.279 e. The van der Waals surface area contributed by atoms with E-state index in [0.29, 0.717) is 9.90 Å². The number of hydrogen-bond donors (Lipinski definition) is 1. The minimum absolute atomic E-state index is 0.311.